The number of ether oxygens (including phenoxy) is 5. The molecule has 44 heavy (non-hydrogen) atoms. The molecule has 0 aromatic heterocycles. The van der Waals surface area contributed by atoms with E-state index in [2.05, 4.69) is 41.6 Å². The Kier molecular flexibility index (Phi) is 7.03. The molecular formula is C33H37N3O7S. The van der Waals surface area contributed by atoms with Gasteiger partial charge in [-0.1, -0.05) is 13.0 Å². The van der Waals surface area contributed by atoms with Crippen molar-refractivity contribution in [3.8, 4) is 23.0 Å². The first kappa shape index (κ1) is 29.3. The van der Waals surface area contributed by atoms with E-state index >= 15 is 0 Å². The quantitative estimate of drug-likeness (QED) is 0.265. The van der Waals surface area contributed by atoms with Crippen LogP contribution in [0.5, 0.6) is 23.0 Å². The lowest BCUT2D eigenvalue weighted by atomic mass is 9.72. The Hall–Kier alpha value is -3.46. The Labute approximate surface area is 261 Å². The van der Waals surface area contributed by atoms with Crippen LogP contribution in [0, 0.1) is 33.3 Å². The molecule has 2 saturated heterocycles. The van der Waals surface area contributed by atoms with Gasteiger partial charge in [0.25, 0.3) is 6.17 Å². The van der Waals surface area contributed by atoms with Crippen LogP contribution in [-0.4, -0.2) is 73.3 Å². The SMILES string of the molecule is [C-]#[N+][C@H]1[C@@H]2Cc3cc(C)c(OC)c(C)c3[C@H](C3[C@@H]4SCC(C)C(=O)OC[C@H](c5c6c(c(C)c(OC(C)=O)c54)OCO6)N31)N2C. The fraction of sp³-hybridized carbons (Fsp3) is 0.545. The average molecular weight is 620 g/mol. The van der Waals surface area contributed by atoms with E-state index in [1.165, 1.54) is 18.1 Å². The number of carbonyl (C=O) groups is 2. The molecule has 4 bridgehead atoms. The van der Waals surface area contributed by atoms with E-state index in [1.54, 1.807) is 18.9 Å². The van der Waals surface area contributed by atoms with Gasteiger partial charge in [-0.3, -0.25) is 19.3 Å². The predicted octanol–water partition coefficient (Wildman–Crippen LogP) is 4.82. The van der Waals surface area contributed by atoms with Gasteiger partial charge in [-0.05, 0) is 56.5 Å². The summed E-state index contributed by atoms with van der Waals surface area (Å²) in [4.78, 5) is 34.7. The second-order valence-corrected chi connectivity index (χ2v) is 13.7. The van der Waals surface area contributed by atoms with E-state index < -0.39 is 18.2 Å². The number of benzene rings is 2. The summed E-state index contributed by atoms with van der Waals surface area (Å²) in [5.74, 6) is 1.91. The molecule has 0 amide bonds. The van der Waals surface area contributed by atoms with Crippen LogP contribution in [0.4, 0.5) is 0 Å². The Balaban J connectivity index is 1.56. The maximum Gasteiger partial charge on any atom is 0.309 e. The summed E-state index contributed by atoms with van der Waals surface area (Å²) >= 11 is 1.66. The number of carbonyl (C=O) groups excluding carboxylic acids is 2. The van der Waals surface area contributed by atoms with E-state index in [0.29, 0.717) is 35.0 Å². The van der Waals surface area contributed by atoms with Crippen LogP contribution >= 0.6 is 11.8 Å². The number of methoxy groups -OCH3 is 1. The second-order valence-electron chi connectivity index (χ2n) is 12.5. The Morgan fingerprint density at radius 3 is 2.55 bits per heavy atom. The number of cyclic esters (lactones) is 1. The summed E-state index contributed by atoms with van der Waals surface area (Å²) < 4.78 is 30.1. The summed E-state index contributed by atoms with van der Waals surface area (Å²) in [7, 11) is 3.83. The number of rotatable bonds is 2. The zero-order chi connectivity index (χ0) is 31.2. The monoisotopic (exact) mass is 619 g/mol. The van der Waals surface area contributed by atoms with Gasteiger partial charge in [0.05, 0.1) is 36.4 Å². The molecule has 232 valence electrons. The van der Waals surface area contributed by atoms with Crippen molar-refractivity contribution in [1.82, 2.24) is 9.80 Å². The first-order valence-electron chi connectivity index (χ1n) is 15.0. The van der Waals surface area contributed by atoms with E-state index in [4.69, 9.17) is 30.3 Å². The summed E-state index contributed by atoms with van der Waals surface area (Å²) in [6.45, 7) is 18.0. The molecule has 10 nitrogen and oxygen atoms in total. The first-order chi connectivity index (χ1) is 21.1. The Morgan fingerprint density at radius 2 is 1.84 bits per heavy atom. The van der Waals surface area contributed by atoms with Gasteiger partial charge >= 0.3 is 11.9 Å². The zero-order valence-corrected chi connectivity index (χ0v) is 26.9. The van der Waals surface area contributed by atoms with Gasteiger partial charge < -0.3 is 23.7 Å². The number of likely N-dealkylation sites (N-methyl/N-ethyl adjacent to an activating group) is 1. The first-order valence-corrected chi connectivity index (χ1v) is 16.1. The summed E-state index contributed by atoms with van der Waals surface area (Å²) in [5, 5.41) is -0.271. The normalized spacial score (nSPS) is 30.4. The van der Waals surface area contributed by atoms with Crippen molar-refractivity contribution in [3.63, 3.8) is 0 Å². The zero-order valence-electron chi connectivity index (χ0n) is 26.1. The third-order valence-electron chi connectivity index (χ3n) is 10.1. The topological polar surface area (TPSA) is 91.1 Å². The number of aryl methyl sites for hydroxylation is 1. The van der Waals surface area contributed by atoms with Crippen molar-refractivity contribution in [2.24, 2.45) is 5.92 Å². The Bertz CT molecular complexity index is 1640. The molecule has 0 aliphatic carbocycles. The average Bonchev–Trinajstić information content (AvgIpc) is 3.47. The summed E-state index contributed by atoms with van der Waals surface area (Å²) in [6, 6.07) is 1.29. The number of esters is 2. The highest BCUT2D eigenvalue weighted by atomic mass is 32.2. The molecule has 0 N–H and O–H groups in total. The van der Waals surface area contributed by atoms with Crippen molar-refractivity contribution in [2.75, 3.05) is 33.3 Å². The van der Waals surface area contributed by atoms with Gasteiger partial charge in [0, 0.05) is 29.4 Å². The summed E-state index contributed by atoms with van der Waals surface area (Å²) in [5.41, 5.74) is 6.98. The molecule has 7 rings (SSSR count). The van der Waals surface area contributed by atoms with Gasteiger partial charge in [-0.2, -0.15) is 11.8 Å². The highest BCUT2D eigenvalue weighted by molar-refractivity contribution is 7.99. The highest BCUT2D eigenvalue weighted by Gasteiger charge is 2.62. The van der Waals surface area contributed by atoms with Crippen LogP contribution < -0.4 is 18.9 Å². The number of thioether (sulfide) groups is 1. The van der Waals surface area contributed by atoms with Gasteiger partial charge in [0.15, 0.2) is 11.5 Å². The smallest absolute Gasteiger partial charge is 0.309 e. The van der Waals surface area contributed by atoms with Gasteiger partial charge in [0.2, 0.25) is 6.79 Å². The molecule has 2 fully saturated rings. The number of hydrogen-bond acceptors (Lipinski definition) is 10. The van der Waals surface area contributed by atoms with Crippen LogP contribution in [-0.2, 0) is 20.7 Å². The van der Waals surface area contributed by atoms with E-state index in [-0.39, 0.29) is 48.7 Å². The molecule has 2 aromatic carbocycles. The molecular weight excluding hydrogens is 582 g/mol. The van der Waals surface area contributed by atoms with Gasteiger partial charge in [-0.25, -0.2) is 11.5 Å². The van der Waals surface area contributed by atoms with Crippen molar-refractivity contribution in [3.05, 3.63) is 56.4 Å². The fourth-order valence-corrected chi connectivity index (χ4v) is 9.87. The third kappa shape index (κ3) is 4.00. The Morgan fingerprint density at radius 1 is 1.09 bits per heavy atom. The molecule has 5 aliphatic heterocycles. The fourth-order valence-electron chi connectivity index (χ4n) is 8.36. The largest absolute Gasteiger partial charge is 0.496 e. The minimum Gasteiger partial charge on any atom is -0.496 e. The van der Waals surface area contributed by atoms with Crippen LogP contribution in [0.2, 0.25) is 0 Å². The van der Waals surface area contributed by atoms with E-state index in [1.807, 2.05) is 13.8 Å². The minimum absolute atomic E-state index is 0.0306. The van der Waals surface area contributed by atoms with Crippen LogP contribution in [0.3, 0.4) is 0 Å². The minimum atomic E-state index is -0.523. The highest BCUT2D eigenvalue weighted by Crippen LogP contribution is 2.63. The van der Waals surface area contributed by atoms with Crippen molar-refractivity contribution < 1.29 is 33.3 Å². The molecule has 0 spiro atoms. The molecule has 5 heterocycles. The molecule has 2 aromatic rings. The number of nitrogens with zero attached hydrogens (tertiary/aromatic N) is 3. The molecule has 5 aliphatic rings. The lowest BCUT2D eigenvalue weighted by molar-refractivity contribution is -0.153. The molecule has 11 heteroatoms. The maximum absolute atomic E-state index is 13.1. The van der Waals surface area contributed by atoms with Crippen LogP contribution in [0.15, 0.2) is 6.07 Å². The lowest BCUT2D eigenvalue weighted by Crippen LogP contribution is -2.68. The number of fused-ring (bicyclic) bond motifs is 9. The van der Waals surface area contributed by atoms with E-state index in [9.17, 15) is 9.59 Å². The third-order valence-corrected chi connectivity index (χ3v) is 11.7. The lowest BCUT2D eigenvalue weighted by Gasteiger charge is -2.59. The number of hydrogen-bond donors (Lipinski definition) is 0. The summed E-state index contributed by atoms with van der Waals surface area (Å²) in [6.07, 6.45) is 0.188. The van der Waals surface area contributed by atoms with Crippen LogP contribution in [0.25, 0.3) is 4.85 Å². The maximum atomic E-state index is 13.1. The second kappa shape index (κ2) is 10.6. The molecule has 0 saturated carbocycles. The van der Waals surface area contributed by atoms with Gasteiger partial charge in [-0.15, -0.1) is 0 Å². The number of piperazine rings is 1. The molecule has 7 atom stereocenters. The van der Waals surface area contributed by atoms with Gasteiger partial charge in [0.1, 0.15) is 24.1 Å². The van der Waals surface area contributed by atoms with Crippen molar-refractivity contribution in [2.45, 2.75) is 76.6 Å². The molecule has 0 radical (unpaired) electrons. The molecule has 2 unspecified atom stereocenters. The van der Waals surface area contributed by atoms with Crippen molar-refractivity contribution in [1.29, 1.82) is 0 Å². The predicted molar refractivity (Wildman–Crippen MR) is 163 cm³/mol. The van der Waals surface area contributed by atoms with Crippen LogP contribution in [0.1, 0.15) is 70.1 Å². The van der Waals surface area contributed by atoms with E-state index in [0.717, 1.165) is 28.0 Å². The standard InChI is InChI=1S/C33H37N3O7S/c1-14-9-19-10-20-32(34-6)36-21-11-40-33(38)15(2)12-44-31(26(36)25(35(20)7)22(19)16(3)27(14)39-8)24-23(21)30-29(41-13-42-30)17(4)28(24)43-18(5)37/h9,15,20-21,25-26,31-32H,10-13H2,1-5,7-8H3/t15?,20-,21+,25+,26?,31+,32+/m0/s1. The van der Waals surface area contributed by atoms with Crippen molar-refractivity contribution >= 4 is 23.7 Å².